The number of ether oxygens (including phenoxy) is 1. The van der Waals surface area contributed by atoms with Gasteiger partial charge >= 0.3 is 5.97 Å². The molecule has 1 aromatic carbocycles. The summed E-state index contributed by atoms with van der Waals surface area (Å²) in [6.07, 6.45) is 0. The lowest BCUT2D eigenvalue weighted by atomic mass is 9.95. The van der Waals surface area contributed by atoms with Crippen molar-refractivity contribution in [2.24, 2.45) is 5.92 Å². The van der Waals surface area contributed by atoms with Crippen molar-refractivity contribution in [1.82, 2.24) is 4.90 Å². The van der Waals surface area contributed by atoms with Gasteiger partial charge in [-0.2, -0.15) is 0 Å². The Morgan fingerprint density at radius 3 is 2.00 bits per heavy atom. The summed E-state index contributed by atoms with van der Waals surface area (Å²) in [6, 6.07) is 6.25. The molecule has 0 saturated heterocycles. The molecule has 1 atom stereocenters. The molecule has 112 valence electrons. The van der Waals surface area contributed by atoms with Crippen molar-refractivity contribution >= 4 is 34.7 Å². The van der Waals surface area contributed by atoms with Crippen LogP contribution in [0.4, 0.5) is 0 Å². The third kappa shape index (κ3) is 3.95. The highest BCUT2D eigenvalue weighted by Gasteiger charge is 2.25. The smallest absolute Gasteiger partial charge is 0.345 e. The van der Waals surface area contributed by atoms with Crippen LogP contribution in [0.2, 0.25) is 0 Å². The van der Waals surface area contributed by atoms with Crippen LogP contribution in [0.3, 0.4) is 0 Å². The van der Waals surface area contributed by atoms with Crippen LogP contribution in [-0.2, 0) is 9.53 Å². The minimum Gasteiger partial charge on any atom is -0.465 e. The third-order valence-corrected chi connectivity index (χ3v) is 3.52. The van der Waals surface area contributed by atoms with Crippen molar-refractivity contribution in [3.8, 4) is 0 Å². The fourth-order valence-corrected chi connectivity index (χ4v) is 1.87. The van der Waals surface area contributed by atoms with Crippen LogP contribution in [0.25, 0.3) is 0 Å². The molecule has 0 bridgehead atoms. The quantitative estimate of drug-likeness (QED) is 0.471. The molecule has 0 saturated carbocycles. The highest BCUT2D eigenvalue weighted by molar-refractivity contribution is 7.82. The number of Topliss-reactive ketones (excluding diaryl/α,β-unsaturated/α-hetero) is 1. The molecule has 1 unspecified atom stereocenters. The van der Waals surface area contributed by atoms with Crippen molar-refractivity contribution in [2.75, 3.05) is 21.2 Å². The fourth-order valence-electron chi connectivity index (χ4n) is 1.68. The molecule has 0 aliphatic carbocycles. The van der Waals surface area contributed by atoms with Gasteiger partial charge in [-0.3, -0.25) is 9.59 Å². The number of rotatable bonds is 5. The molecule has 0 aliphatic rings. The van der Waals surface area contributed by atoms with Gasteiger partial charge < -0.3 is 9.64 Å². The molecule has 1 aromatic rings. The zero-order valence-corrected chi connectivity index (χ0v) is 13.2. The standard InChI is InChI=1S/C15H17NO4S/c1-9(13(21)15(19)20-4)12(17)10-5-7-11(8-6-10)14(18)16(2)3/h5-9H,1-4H3. The van der Waals surface area contributed by atoms with E-state index in [0.29, 0.717) is 11.1 Å². The van der Waals surface area contributed by atoms with Crippen LogP contribution in [0.1, 0.15) is 27.6 Å². The largest absolute Gasteiger partial charge is 0.465 e. The Kier molecular flexibility index (Phi) is 5.72. The Morgan fingerprint density at radius 2 is 1.57 bits per heavy atom. The summed E-state index contributed by atoms with van der Waals surface area (Å²) >= 11 is 4.92. The number of benzene rings is 1. The molecule has 0 spiro atoms. The van der Waals surface area contributed by atoms with Gasteiger partial charge in [-0.1, -0.05) is 24.4 Å². The van der Waals surface area contributed by atoms with Gasteiger partial charge in [-0.15, -0.1) is 0 Å². The lowest BCUT2D eigenvalue weighted by molar-refractivity contribution is -0.132. The van der Waals surface area contributed by atoms with Crippen LogP contribution >= 0.6 is 12.2 Å². The molecule has 5 nitrogen and oxygen atoms in total. The van der Waals surface area contributed by atoms with E-state index in [2.05, 4.69) is 4.74 Å². The summed E-state index contributed by atoms with van der Waals surface area (Å²) in [5, 5.41) is 0. The van der Waals surface area contributed by atoms with Gasteiger partial charge in [0.1, 0.15) is 4.86 Å². The number of hydrogen-bond acceptors (Lipinski definition) is 5. The molecule has 21 heavy (non-hydrogen) atoms. The predicted octanol–water partition coefficient (Wildman–Crippen LogP) is 1.75. The van der Waals surface area contributed by atoms with Gasteiger partial charge in [0.05, 0.1) is 13.0 Å². The first-order valence-corrected chi connectivity index (χ1v) is 6.68. The number of hydrogen-bond donors (Lipinski definition) is 0. The molecular weight excluding hydrogens is 290 g/mol. The van der Waals surface area contributed by atoms with Crippen LogP contribution in [0.15, 0.2) is 24.3 Å². The van der Waals surface area contributed by atoms with Gasteiger partial charge in [-0.05, 0) is 19.1 Å². The van der Waals surface area contributed by atoms with E-state index in [-0.39, 0.29) is 16.6 Å². The summed E-state index contributed by atoms with van der Waals surface area (Å²) in [7, 11) is 4.52. The number of carbonyl (C=O) groups excluding carboxylic acids is 3. The third-order valence-electron chi connectivity index (χ3n) is 3.00. The van der Waals surface area contributed by atoms with Crippen molar-refractivity contribution in [3.05, 3.63) is 35.4 Å². The SMILES string of the molecule is COC(=O)C(=S)C(C)C(=O)c1ccc(C(=O)N(C)C)cc1. The molecule has 0 fully saturated rings. The summed E-state index contributed by atoms with van der Waals surface area (Å²) in [6.45, 7) is 1.56. The Labute approximate surface area is 128 Å². The average molecular weight is 307 g/mol. The van der Waals surface area contributed by atoms with Crippen molar-refractivity contribution in [1.29, 1.82) is 0 Å². The second-order valence-corrected chi connectivity index (χ2v) is 5.16. The fraction of sp³-hybridized carbons (Fsp3) is 0.333. The van der Waals surface area contributed by atoms with E-state index in [4.69, 9.17) is 12.2 Å². The van der Waals surface area contributed by atoms with Gasteiger partial charge in [0.25, 0.3) is 5.91 Å². The van der Waals surface area contributed by atoms with Crippen LogP contribution < -0.4 is 0 Å². The van der Waals surface area contributed by atoms with E-state index in [1.54, 1.807) is 45.3 Å². The van der Waals surface area contributed by atoms with Crippen molar-refractivity contribution in [2.45, 2.75) is 6.92 Å². The maximum atomic E-state index is 12.2. The maximum Gasteiger partial charge on any atom is 0.345 e. The highest BCUT2D eigenvalue weighted by atomic mass is 32.1. The molecule has 0 aliphatic heterocycles. The minimum absolute atomic E-state index is 0.0593. The van der Waals surface area contributed by atoms with Gasteiger partial charge in [-0.25, -0.2) is 4.79 Å². The summed E-state index contributed by atoms with van der Waals surface area (Å²) in [5.74, 6) is -1.85. The number of thiocarbonyl (C=S) groups is 1. The average Bonchev–Trinajstić information content (AvgIpc) is 2.51. The second kappa shape index (κ2) is 7.08. The van der Waals surface area contributed by atoms with E-state index < -0.39 is 11.9 Å². The number of methoxy groups -OCH3 is 1. The van der Waals surface area contributed by atoms with E-state index in [1.807, 2.05) is 0 Å². The Balaban J connectivity index is 2.92. The van der Waals surface area contributed by atoms with Gasteiger partial charge in [0.15, 0.2) is 5.78 Å². The second-order valence-electron chi connectivity index (χ2n) is 4.72. The first-order chi connectivity index (χ1) is 9.79. The number of amides is 1. The topological polar surface area (TPSA) is 63.7 Å². The lowest BCUT2D eigenvalue weighted by Gasteiger charge is -2.12. The van der Waals surface area contributed by atoms with Crippen molar-refractivity contribution < 1.29 is 19.1 Å². The van der Waals surface area contributed by atoms with Crippen molar-refractivity contribution in [3.63, 3.8) is 0 Å². The highest BCUT2D eigenvalue weighted by Crippen LogP contribution is 2.13. The van der Waals surface area contributed by atoms with Gasteiger partial charge in [0, 0.05) is 25.2 Å². The van der Waals surface area contributed by atoms with E-state index in [0.717, 1.165) is 0 Å². The normalized spacial score (nSPS) is 11.4. The van der Waals surface area contributed by atoms with Crippen LogP contribution in [0.5, 0.6) is 0 Å². The molecule has 0 N–H and O–H groups in total. The Morgan fingerprint density at radius 1 is 1.10 bits per heavy atom. The number of nitrogens with zero attached hydrogens (tertiary/aromatic N) is 1. The molecule has 0 radical (unpaired) electrons. The maximum absolute atomic E-state index is 12.2. The van der Waals surface area contributed by atoms with E-state index in [9.17, 15) is 14.4 Å². The molecule has 0 aromatic heterocycles. The van der Waals surface area contributed by atoms with Crippen LogP contribution in [-0.4, -0.2) is 48.6 Å². The van der Waals surface area contributed by atoms with Gasteiger partial charge in [0.2, 0.25) is 0 Å². The molecule has 0 heterocycles. The predicted molar refractivity (Wildman–Crippen MR) is 82.6 cm³/mol. The molecule has 1 rings (SSSR count). The first-order valence-electron chi connectivity index (χ1n) is 6.27. The summed E-state index contributed by atoms with van der Waals surface area (Å²) in [5.41, 5.74) is 0.879. The summed E-state index contributed by atoms with van der Waals surface area (Å²) < 4.78 is 4.51. The van der Waals surface area contributed by atoms with Crippen LogP contribution in [0, 0.1) is 5.92 Å². The number of ketones is 1. The van der Waals surface area contributed by atoms with E-state index in [1.165, 1.54) is 12.0 Å². The molecule has 6 heteroatoms. The first kappa shape index (κ1) is 17.0. The summed E-state index contributed by atoms with van der Waals surface area (Å²) in [4.78, 5) is 36.7. The lowest BCUT2D eigenvalue weighted by Crippen LogP contribution is -2.27. The minimum atomic E-state index is -0.747. The zero-order chi connectivity index (χ0) is 16.2. The monoisotopic (exact) mass is 307 g/mol. The number of esters is 1. The Hall–Kier alpha value is -2.08. The Bertz CT molecular complexity index is 578. The molecule has 1 amide bonds. The number of carbonyl (C=O) groups is 3. The van der Waals surface area contributed by atoms with E-state index >= 15 is 0 Å². The molecular formula is C15H17NO4S. The zero-order valence-electron chi connectivity index (χ0n) is 12.4.